The minimum absolute atomic E-state index is 0.213. The van der Waals surface area contributed by atoms with Gasteiger partial charge in [0.25, 0.3) is 0 Å². The second kappa shape index (κ2) is 6.53. The van der Waals surface area contributed by atoms with Crippen LogP contribution in [0.1, 0.15) is 52.0 Å². The number of nitrogens with two attached hydrogens (primary N) is 1. The van der Waals surface area contributed by atoms with Gasteiger partial charge in [-0.25, -0.2) is 9.97 Å². The SMILES string of the molecule is CCC(N)Cc1cnc(N2CCC(C)(CC)CC2)nc1. The quantitative estimate of drug-likeness (QED) is 0.898. The third kappa shape index (κ3) is 3.69. The van der Waals surface area contributed by atoms with Crippen molar-refractivity contribution in [2.75, 3.05) is 18.0 Å². The van der Waals surface area contributed by atoms with E-state index < -0.39 is 0 Å². The Hall–Kier alpha value is -1.16. The lowest BCUT2D eigenvalue weighted by molar-refractivity contribution is 0.237. The van der Waals surface area contributed by atoms with Gasteiger partial charge < -0.3 is 10.6 Å². The fourth-order valence-electron chi connectivity index (χ4n) is 2.66. The van der Waals surface area contributed by atoms with Crippen LogP contribution in [0.2, 0.25) is 0 Å². The van der Waals surface area contributed by atoms with Crippen molar-refractivity contribution in [3.8, 4) is 0 Å². The predicted octanol–water partition coefficient (Wildman–Crippen LogP) is 2.77. The molecule has 1 saturated heterocycles. The van der Waals surface area contributed by atoms with Crippen molar-refractivity contribution >= 4 is 5.95 Å². The van der Waals surface area contributed by atoms with Crippen LogP contribution in [0.4, 0.5) is 5.95 Å². The molecular formula is C16H28N4. The molecule has 112 valence electrons. The van der Waals surface area contributed by atoms with Crippen molar-refractivity contribution in [3.63, 3.8) is 0 Å². The first kappa shape index (κ1) is 15.2. The van der Waals surface area contributed by atoms with E-state index >= 15 is 0 Å². The van der Waals surface area contributed by atoms with Crippen LogP contribution in [0.5, 0.6) is 0 Å². The van der Waals surface area contributed by atoms with Gasteiger partial charge in [-0.15, -0.1) is 0 Å². The average Bonchev–Trinajstić information content (AvgIpc) is 2.49. The molecule has 1 atom stereocenters. The van der Waals surface area contributed by atoms with Gasteiger partial charge in [0.2, 0.25) is 5.95 Å². The lowest BCUT2D eigenvalue weighted by atomic mass is 9.78. The average molecular weight is 276 g/mol. The highest BCUT2D eigenvalue weighted by atomic mass is 15.2. The summed E-state index contributed by atoms with van der Waals surface area (Å²) in [6.07, 6.45) is 9.45. The maximum Gasteiger partial charge on any atom is 0.225 e. The minimum Gasteiger partial charge on any atom is -0.341 e. The number of rotatable bonds is 5. The Morgan fingerprint density at radius 3 is 2.35 bits per heavy atom. The van der Waals surface area contributed by atoms with Crippen LogP contribution in [-0.4, -0.2) is 29.1 Å². The van der Waals surface area contributed by atoms with Crippen molar-refractivity contribution in [1.82, 2.24) is 9.97 Å². The lowest BCUT2D eigenvalue weighted by Gasteiger charge is -2.38. The first-order valence-electron chi connectivity index (χ1n) is 7.88. The van der Waals surface area contributed by atoms with E-state index in [4.69, 9.17) is 5.73 Å². The standard InChI is InChI=1S/C16H28N4/c1-4-14(17)10-13-11-18-15(19-12-13)20-8-6-16(3,5-2)7-9-20/h11-12,14H,4-10,17H2,1-3H3. The van der Waals surface area contributed by atoms with Crippen molar-refractivity contribution in [2.24, 2.45) is 11.1 Å². The number of piperidine rings is 1. The van der Waals surface area contributed by atoms with Crippen LogP contribution in [0.3, 0.4) is 0 Å². The van der Waals surface area contributed by atoms with E-state index in [0.717, 1.165) is 37.4 Å². The van der Waals surface area contributed by atoms with Gasteiger partial charge in [-0.3, -0.25) is 0 Å². The third-order valence-electron chi connectivity index (χ3n) is 4.82. The zero-order valence-corrected chi connectivity index (χ0v) is 13.1. The predicted molar refractivity (Wildman–Crippen MR) is 83.8 cm³/mol. The molecule has 1 aliphatic rings. The van der Waals surface area contributed by atoms with E-state index in [2.05, 4.69) is 35.6 Å². The smallest absolute Gasteiger partial charge is 0.225 e. The van der Waals surface area contributed by atoms with Crippen LogP contribution in [0.25, 0.3) is 0 Å². The molecular weight excluding hydrogens is 248 g/mol. The Labute approximate surface area is 122 Å². The summed E-state index contributed by atoms with van der Waals surface area (Å²) >= 11 is 0. The van der Waals surface area contributed by atoms with Crippen molar-refractivity contribution < 1.29 is 0 Å². The molecule has 0 amide bonds. The highest BCUT2D eigenvalue weighted by Crippen LogP contribution is 2.34. The molecule has 0 radical (unpaired) electrons. The maximum absolute atomic E-state index is 5.97. The van der Waals surface area contributed by atoms with Gasteiger partial charge >= 0.3 is 0 Å². The normalized spacial score (nSPS) is 19.9. The van der Waals surface area contributed by atoms with Gasteiger partial charge in [-0.1, -0.05) is 27.2 Å². The summed E-state index contributed by atoms with van der Waals surface area (Å²) in [6, 6.07) is 0.213. The molecule has 0 aliphatic carbocycles. The number of anilines is 1. The van der Waals surface area contributed by atoms with E-state index in [9.17, 15) is 0 Å². The second-order valence-corrected chi connectivity index (χ2v) is 6.42. The molecule has 0 bridgehead atoms. The lowest BCUT2D eigenvalue weighted by Crippen LogP contribution is -2.39. The Morgan fingerprint density at radius 1 is 1.25 bits per heavy atom. The minimum atomic E-state index is 0.213. The van der Waals surface area contributed by atoms with Crippen molar-refractivity contribution in [2.45, 2.75) is 58.9 Å². The van der Waals surface area contributed by atoms with Crippen LogP contribution in [0.15, 0.2) is 12.4 Å². The zero-order valence-electron chi connectivity index (χ0n) is 13.1. The van der Waals surface area contributed by atoms with Gasteiger partial charge in [-0.05, 0) is 36.7 Å². The highest BCUT2D eigenvalue weighted by Gasteiger charge is 2.29. The molecule has 1 unspecified atom stereocenters. The van der Waals surface area contributed by atoms with E-state index in [1.54, 1.807) is 0 Å². The summed E-state index contributed by atoms with van der Waals surface area (Å²) in [5, 5.41) is 0. The second-order valence-electron chi connectivity index (χ2n) is 6.42. The molecule has 1 aromatic rings. The molecule has 4 heteroatoms. The van der Waals surface area contributed by atoms with E-state index in [-0.39, 0.29) is 6.04 Å². The van der Waals surface area contributed by atoms with E-state index in [1.807, 2.05) is 12.4 Å². The Kier molecular flexibility index (Phi) is 4.97. The number of hydrogen-bond acceptors (Lipinski definition) is 4. The number of nitrogens with zero attached hydrogens (tertiary/aromatic N) is 3. The molecule has 2 N–H and O–H groups in total. The molecule has 4 nitrogen and oxygen atoms in total. The first-order valence-corrected chi connectivity index (χ1v) is 7.88. The molecule has 20 heavy (non-hydrogen) atoms. The summed E-state index contributed by atoms with van der Waals surface area (Å²) in [4.78, 5) is 11.4. The fourth-order valence-corrected chi connectivity index (χ4v) is 2.66. The molecule has 2 rings (SSSR count). The fraction of sp³-hybridized carbons (Fsp3) is 0.750. The third-order valence-corrected chi connectivity index (χ3v) is 4.82. The molecule has 2 heterocycles. The molecule has 0 aromatic carbocycles. The van der Waals surface area contributed by atoms with Gasteiger partial charge in [0.1, 0.15) is 0 Å². The van der Waals surface area contributed by atoms with Crippen LogP contribution in [-0.2, 0) is 6.42 Å². The molecule has 0 saturated carbocycles. The van der Waals surface area contributed by atoms with Gasteiger partial charge in [0, 0.05) is 31.5 Å². The monoisotopic (exact) mass is 276 g/mol. The molecule has 1 aliphatic heterocycles. The summed E-state index contributed by atoms with van der Waals surface area (Å²) in [6.45, 7) is 8.92. The number of hydrogen-bond donors (Lipinski definition) is 1. The Balaban J connectivity index is 1.94. The molecule has 1 fully saturated rings. The van der Waals surface area contributed by atoms with Crippen LogP contribution < -0.4 is 10.6 Å². The topological polar surface area (TPSA) is 55.0 Å². The van der Waals surface area contributed by atoms with Crippen molar-refractivity contribution in [3.05, 3.63) is 18.0 Å². The van der Waals surface area contributed by atoms with Gasteiger partial charge in [0.05, 0.1) is 0 Å². The van der Waals surface area contributed by atoms with Crippen LogP contribution >= 0.6 is 0 Å². The maximum atomic E-state index is 5.97. The first-order chi connectivity index (χ1) is 9.56. The van der Waals surface area contributed by atoms with Crippen LogP contribution in [0, 0.1) is 5.41 Å². The van der Waals surface area contributed by atoms with Crippen molar-refractivity contribution in [1.29, 1.82) is 0 Å². The zero-order chi connectivity index (χ0) is 14.6. The summed E-state index contributed by atoms with van der Waals surface area (Å²) in [5.41, 5.74) is 7.61. The van der Waals surface area contributed by atoms with E-state index in [1.165, 1.54) is 19.3 Å². The molecule has 1 aromatic heterocycles. The number of aromatic nitrogens is 2. The van der Waals surface area contributed by atoms with Gasteiger partial charge in [-0.2, -0.15) is 0 Å². The highest BCUT2D eigenvalue weighted by molar-refractivity contribution is 5.31. The summed E-state index contributed by atoms with van der Waals surface area (Å²) in [5.74, 6) is 0.872. The Bertz CT molecular complexity index is 407. The summed E-state index contributed by atoms with van der Waals surface area (Å²) < 4.78 is 0. The Morgan fingerprint density at radius 2 is 1.85 bits per heavy atom. The van der Waals surface area contributed by atoms with E-state index in [0.29, 0.717) is 5.41 Å². The molecule has 0 spiro atoms. The van der Waals surface area contributed by atoms with Gasteiger partial charge in [0.15, 0.2) is 0 Å². The summed E-state index contributed by atoms with van der Waals surface area (Å²) in [7, 11) is 0. The largest absolute Gasteiger partial charge is 0.341 e.